The largest absolute Gasteiger partial charge is 0.396 e. The number of benzene rings is 1. The van der Waals surface area contributed by atoms with Crippen LogP contribution in [-0.2, 0) is 4.79 Å². The molecule has 0 unspecified atom stereocenters. The molecule has 0 spiro atoms. The van der Waals surface area contributed by atoms with E-state index < -0.39 is 0 Å². The molecule has 76 valence electrons. The van der Waals surface area contributed by atoms with Crippen LogP contribution in [0.3, 0.4) is 0 Å². The average molecular weight is 197 g/mol. The Morgan fingerprint density at radius 3 is 2.93 bits per heavy atom. The van der Waals surface area contributed by atoms with Crippen LogP contribution in [0, 0.1) is 5.82 Å². The maximum atomic E-state index is 12.7. The maximum absolute atomic E-state index is 12.7. The number of amides is 1. The van der Waals surface area contributed by atoms with Crippen molar-refractivity contribution in [2.75, 3.05) is 11.9 Å². The van der Waals surface area contributed by atoms with Crippen molar-refractivity contribution in [3.8, 4) is 0 Å². The highest BCUT2D eigenvalue weighted by atomic mass is 19.1. The van der Waals surface area contributed by atoms with Crippen molar-refractivity contribution in [2.24, 2.45) is 0 Å². The highest BCUT2D eigenvalue weighted by Crippen LogP contribution is 2.09. The van der Waals surface area contributed by atoms with Gasteiger partial charge >= 0.3 is 0 Å². The van der Waals surface area contributed by atoms with E-state index in [4.69, 9.17) is 5.11 Å². The first-order chi connectivity index (χ1) is 6.72. The molecular weight excluding hydrogens is 185 g/mol. The zero-order valence-electron chi connectivity index (χ0n) is 7.66. The first-order valence-corrected chi connectivity index (χ1v) is 4.38. The number of nitrogens with one attached hydrogen (secondary N) is 1. The summed E-state index contributed by atoms with van der Waals surface area (Å²) >= 11 is 0. The molecule has 0 radical (unpaired) electrons. The molecule has 0 aliphatic carbocycles. The maximum Gasteiger partial charge on any atom is 0.224 e. The van der Waals surface area contributed by atoms with Gasteiger partial charge in [-0.15, -0.1) is 0 Å². The number of aliphatic hydroxyl groups is 1. The molecule has 1 aromatic carbocycles. The molecule has 4 heteroatoms. The third kappa shape index (κ3) is 3.53. The first-order valence-electron chi connectivity index (χ1n) is 4.38. The fourth-order valence-corrected chi connectivity index (χ4v) is 1.03. The van der Waals surface area contributed by atoms with E-state index in [0.717, 1.165) is 0 Å². The van der Waals surface area contributed by atoms with Gasteiger partial charge in [-0.25, -0.2) is 4.39 Å². The fraction of sp³-hybridized carbons (Fsp3) is 0.300. The second kappa shape index (κ2) is 5.34. The normalized spacial score (nSPS) is 9.86. The Morgan fingerprint density at radius 1 is 1.50 bits per heavy atom. The number of rotatable bonds is 4. The van der Waals surface area contributed by atoms with Crippen LogP contribution in [0.1, 0.15) is 12.8 Å². The van der Waals surface area contributed by atoms with Crippen molar-refractivity contribution in [1.82, 2.24) is 0 Å². The molecule has 0 fully saturated rings. The zero-order chi connectivity index (χ0) is 10.4. The number of hydrogen-bond acceptors (Lipinski definition) is 2. The summed E-state index contributed by atoms with van der Waals surface area (Å²) in [6, 6.07) is 5.69. The van der Waals surface area contributed by atoms with Gasteiger partial charge in [-0.3, -0.25) is 4.79 Å². The van der Waals surface area contributed by atoms with Gasteiger partial charge in [-0.1, -0.05) is 6.07 Å². The Morgan fingerprint density at radius 2 is 2.29 bits per heavy atom. The van der Waals surface area contributed by atoms with E-state index in [2.05, 4.69) is 5.32 Å². The van der Waals surface area contributed by atoms with Crippen LogP contribution in [0.2, 0.25) is 0 Å². The van der Waals surface area contributed by atoms with E-state index in [9.17, 15) is 9.18 Å². The quantitative estimate of drug-likeness (QED) is 0.769. The summed E-state index contributed by atoms with van der Waals surface area (Å²) in [7, 11) is 0. The second-order valence-electron chi connectivity index (χ2n) is 2.89. The minimum Gasteiger partial charge on any atom is -0.396 e. The Balaban J connectivity index is 2.47. The van der Waals surface area contributed by atoms with Crippen molar-refractivity contribution in [3.05, 3.63) is 30.1 Å². The van der Waals surface area contributed by atoms with E-state index in [1.165, 1.54) is 18.2 Å². The van der Waals surface area contributed by atoms with Crippen molar-refractivity contribution >= 4 is 11.6 Å². The van der Waals surface area contributed by atoms with E-state index in [-0.39, 0.29) is 24.8 Å². The molecule has 0 aliphatic rings. The SMILES string of the molecule is O=C(CCCO)Nc1cccc(F)c1. The number of carbonyl (C=O) groups excluding carboxylic acids is 1. The van der Waals surface area contributed by atoms with Crippen LogP contribution in [0.15, 0.2) is 24.3 Å². The first kappa shape index (κ1) is 10.7. The van der Waals surface area contributed by atoms with Gasteiger partial charge in [0.1, 0.15) is 5.82 Å². The van der Waals surface area contributed by atoms with Crippen molar-refractivity contribution in [1.29, 1.82) is 0 Å². The van der Waals surface area contributed by atoms with Gasteiger partial charge in [0.25, 0.3) is 0 Å². The smallest absolute Gasteiger partial charge is 0.224 e. The Kier molecular flexibility index (Phi) is 4.07. The summed E-state index contributed by atoms with van der Waals surface area (Å²) in [5.41, 5.74) is 0.438. The monoisotopic (exact) mass is 197 g/mol. The van der Waals surface area contributed by atoms with Gasteiger partial charge in [-0.2, -0.15) is 0 Å². The average Bonchev–Trinajstić information content (AvgIpc) is 2.15. The third-order valence-electron chi connectivity index (χ3n) is 1.67. The summed E-state index contributed by atoms with van der Waals surface area (Å²) in [5.74, 6) is -0.602. The summed E-state index contributed by atoms with van der Waals surface area (Å²) < 4.78 is 12.7. The molecule has 1 aromatic rings. The lowest BCUT2D eigenvalue weighted by atomic mass is 10.2. The second-order valence-corrected chi connectivity index (χ2v) is 2.89. The minimum atomic E-state index is -0.384. The molecule has 0 heterocycles. The number of hydrogen-bond donors (Lipinski definition) is 2. The molecule has 0 saturated heterocycles. The number of aliphatic hydroxyl groups excluding tert-OH is 1. The summed E-state index contributed by atoms with van der Waals surface area (Å²) in [6.45, 7) is -0.0173. The van der Waals surface area contributed by atoms with Gasteiger partial charge in [-0.05, 0) is 24.6 Å². The standard InChI is InChI=1S/C10H12FNO2/c11-8-3-1-4-9(7-8)12-10(14)5-2-6-13/h1,3-4,7,13H,2,5-6H2,(H,12,14). The lowest BCUT2D eigenvalue weighted by Crippen LogP contribution is -2.11. The molecule has 3 nitrogen and oxygen atoms in total. The molecule has 0 aromatic heterocycles. The topological polar surface area (TPSA) is 49.3 Å². The molecule has 0 aliphatic heterocycles. The predicted molar refractivity (Wildman–Crippen MR) is 51.3 cm³/mol. The van der Waals surface area contributed by atoms with Gasteiger partial charge in [0.05, 0.1) is 0 Å². The van der Waals surface area contributed by atoms with E-state index in [0.29, 0.717) is 12.1 Å². The van der Waals surface area contributed by atoms with E-state index >= 15 is 0 Å². The predicted octanol–water partition coefficient (Wildman–Crippen LogP) is 1.54. The summed E-state index contributed by atoms with van der Waals surface area (Å²) in [6.07, 6.45) is 0.661. The van der Waals surface area contributed by atoms with Crippen molar-refractivity contribution in [3.63, 3.8) is 0 Å². The van der Waals surface area contributed by atoms with Crippen LogP contribution in [0.4, 0.5) is 10.1 Å². The Labute approximate surface area is 81.6 Å². The van der Waals surface area contributed by atoms with Crippen molar-refractivity contribution in [2.45, 2.75) is 12.8 Å². The van der Waals surface area contributed by atoms with Gasteiger partial charge in [0.15, 0.2) is 0 Å². The van der Waals surface area contributed by atoms with E-state index in [1.54, 1.807) is 6.07 Å². The van der Waals surface area contributed by atoms with Gasteiger partial charge in [0, 0.05) is 18.7 Å². The fourth-order valence-electron chi connectivity index (χ4n) is 1.03. The lowest BCUT2D eigenvalue weighted by Gasteiger charge is -2.03. The molecule has 1 rings (SSSR count). The highest BCUT2D eigenvalue weighted by molar-refractivity contribution is 5.90. The number of halogens is 1. The molecule has 14 heavy (non-hydrogen) atoms. The van der Waals surface area contributed by atoms with Crippen molar-refractivity contribution < 1.29 is 14.3 Å². The van der Waals surface area contributed by atoms with Crippen LogP contribution < -0.4 is 5.32 Å². The third-order valence-corrected chi connectivity index (χ3v) is 1.67. The zero-order valence-corrected chi connectivity index (χ0v) is 7.66. The van der Waals surface area contributed by atoms with Crippen LogP contribution >= 0.6 is 0 Å². The molecule has 0 bridgehead atoms. The molecular formula is C10H12FNO2. The van der Waals surface area contributed by atoms with Crippen LogP contribution in [-0.4, -0.2) is 17.6 Å². The number of carbonyl (C=O) groups is 1. The molecule has 2 N–H and O–H groups in total. The summed E-state index contributed by atoms with van der Waals surface area (Å²) in [4.78, 5) is 11.1. The minimum absolute atomic E-state index is 0.0173. The lowest BCUT2D eigenvalue weighted by molar-refractivity contribution is -0.116. The molecule has 0 saturated carbocycles. The highest BCUT2D eigenvalue weighted by Gasteiger charge is 2.01. The molecule has 0 atom stereocenters. The summed E-state index contributed by atoms with van der Waals surface area (Å²) in [5, 5.41) is 11.0. The Bertz CT molecular complexity index is 315. The number of anilines is 1. The van der Waals surface area contributed by atoms with E-state index in [1.807, 2.05) is 0 Å². The van der Waals surface area contributed by atoms with Gasteiger partial charge in [0.2, 0.25) is 5.91 Å². The Hall–Kier alpha value is -1.42. The van der Waals surface area contributed by atoms with Crippen LogP contribution in [0.5, 0.6) is 0 Å². The van der Waals surface area contributed by atoms with Crippen LogP contribution in [0.25, 0.3) is 0 Å². The van der Waals surface area contributed by atoms with Gasteiger partial charge < -0.3 is 10.4 Å². The molecule has 1 amide bonds.